The first-order valence-electron chi connectivity index (χ1n) is 7.68. The molecule has 0 saturated carbocycles. The minimum absolute atomic E-state index is 0.0114. The van der Waals surface area contributed by atoms with Gasteiger partial charge in [-0.2, -0.15) is 0 Å². The van der Waals surface area contributed by atoms with Crippen LogP contribution < -0.4 is 9.18 Å². The van der Waals surface area contributed by atoms with E-state index in [1.54, 1.807) is 24.3 Å². The van der Waals surface area contributed by atoms with Crippen molar-refractivity contribution in [2.24, 2.45) is 0 Å². The van der Waals surface area contributed by atoms with E-state index in [0.717, 1.165) is 5.56 Å². The van der Waals surface area contributed by atoms with Gasteiger partial charge in [0.2, 0.25) is 0 Å². The van der Waals surface area contributed by atoms with Crippen molar-refractivity contribution in [3.63, 3.8) is 0 Å². The van der Waals surface area contributed by atoms with E-state index < -0.39 is 16.1 Å². The number of aliphatic hydroxyl groups is 1. The van der Waals surface area contributed by atoms with Crippen molar-refractivity contribution < 1.29 is 13.5 Å². The molecule has 0 amide bonds. The Bertz CT molecular complexity index is 759. The Morgan fingerprint density at radius 2 is 1.67 bits per heavy atom. The van der Waals surface area contributed by atoms with Gasteiger partial charge in [-0.1, -0.05) is 0 Å². The van der Waals surface area contributed by atoms with Crippen LogP contribution in [0.5, 0.6) is 0 Å². The van der Waals surface area contributed by atoms with Gasteiger partial charge in [0.1, 0.15) is 0 Å². The minimum atomic E-state index is -3.66. The van der Waals surface area contributed by atoms with Gasteiger partial charge in [0, 0.05) is 0 Å². The van der Waals surface area contributed by atoms with Crippen molar-refractivity contribution >= 4 is 29.4 Å². The van der Waals surface area contributed by atoms with Crippen LogP contribution in [0, 0.1) is 6.92 Å². The summed E-state index contributed by atoms with van der Waals surface area (Å²) < 4.78 is 28.7. The monoisotopic (exact) mass is 413 g/mol. The fraction of sp³-hybridized carbons (Fsp3) is 0.333. The molecule has 2 aromatic carbocycles. The second-order valence-corrected chi connectivity index (χ2v) is 11.5. The molecule has 0 aliphatic rings. The average Bonchev–Trinajstić information content (AvgIpc) is 2.53. The molecule has 0 saturated heterocycles. The van der Waals surface area contributed by atoms with Crippen molar-refractivity contribution in [1.82, 2.24) is 4.72 Å². The van der Waals surface area contributed by atoms with Gasteiger partial charge in [0.15, 0.2) is 0 Å². The first-order valence-corrected chi connectivity index (χ1v) is 10.9. The van der Waals surface area contributed by atoms with Gasteiger partial charge in [0.05, 0.1) is 0 Å². The van der Waals surface area contributed by atoms with E-state index in [4.69, 9.17) is 0 Å². The molecule has 6 heteroatoms. The summed E-state index contributed by atoms with van der Waals surface area (Å²) in [4.78, 5) is 0.217. The zero-order chi connectivity index (χ0) is 17.8. The normalized spacial score (nSPS) is 13.7. The Hall–Kier alpha value is -1.17. The van der Waals surface area contributed by atoms with Crippen LogP contribution in [0.1, 0.15) is 19.4 Å². The fourth-order valence-electron chi connectivity index (χ4n) is 2.24. The average molecular weight is 412 g/mol. The van der Waals surface area contributed by atoms with Crippen LogP contribution >= 0.6 is 0 Å². The fourth-order valence-corrected chi connectivity index (χ4v) is 6.25. The van der Waals surface area contributed by atoms with Gasteiger partial charge in [-0.15, -0.1) is 0 Å². The molecule has 0 heterocycles. The van der Waals surface area contributed by atoms with Crippen LogP contribution in [0.2, 0.25) is 4.31 Å². The van der Waals surface area contributed by atoms with E-state index in [2.05, 4.69) is 4.72 Å². The van der Waals surface area contributed by atoms with E-state index in [-0.39, 0.29) is 30.8 Å². The molecule has 2 N–H and O–H groups in total. The molecule has 4 nitrogen and oxygen atoms in total. The Morgan fingerprint density at radius 3 is 2.21 bits per heavy atom. The first kappa shape index (κ1) is 19.2. The van der Waals surface area contributed by atoms with Gasteiger partial charge in [-0.05, 0) is 0 Å². The molecular weight excluding hydrogens is 389 g/mol. The Balaban J connectivity index is 2.19. The molecule has 0 aromatic heterocycles. The second kappa shape index (κ2) is 7.81. The van der Waals surface area contributed by atoms with E-state index in [1.807, 2.05) is 51.1 Å². The zero-order valence-electron chi connectivity index (χ0n) is 14.1. The summed E-state index contributed by atoms with van der Waals surface area (Å²) in [5.41, 5.74) is 1.00. The first-order chi connectivity index (χ1) is 11.2. The van der Waals surface area contributed by atoms with Crippen LogP contribution in [-0.4, -0.2) is 41.1 Å². The molecule has 0 bridgehead atoms. The standard InChI is InChI=1S/C18H23NO3SSe/c1-14-9-11-15(12-10-14)23(21,22)19-17(13-20)18(2,3)24-16-7-5-4-6-8-16/h4-12,17,19-20H,13H2,1-3H3. The maximum atomic E-state index is 12.6. The molecule has 0 spiro atoms. The quantitative estimate of drug-likeness (QED) is 0.683. The molecule has 0 fully saturated rings. The summed E-state index contributed by atoms with van der Waals surface area (Å²) in [7, 11) is -3.66. The van der Waals surface area contributed by atoms with Crippen LogP contribution in [-0.2, 0) is 10.0 Å². The topological polar surface area (TPSA) is 66.4 Å². The molecule has 1 unspecified atom stereocenters. The van der Waals surface area contributed by atoms with Crippen molar-refractivity contribution in [1.29, 1.82) is 0 Å². The second-order valence-electron chi connectivity index (χ2n) is 6.19. The summed E-state index contributed by atoms with van der Waals surface area (Å²) in [5.74, 6) is 0. The predicted molar refractivity (Wildman–Crippen MR) is 98.2 cm³/mol. The van der Waals surface area contributed by atoms with Crippen LogP contribution in [0.3, 0.4) is 0 Å². The van der Waals surface area contributed by atoms with Gasteiger partial charge in [-0.3, -0.25) is 0 Å². The number of rotatable bonds is 7. The van der Waals surface area contributed by atoms with Gasteiger partial charge >= 0.3 is 150 Å². The number of hydrogen-bond acceptors (Lipinski definition) is 3. The Labute approximate surface area is 150 Å². The van der Waals surface area contributed by atoms with Crippen LogP contribution in [0.15, 0.2) is 59.5 Å². The van der Waals surface area contributed by atoms with Gasteiger partial charge in [0.25, 0.3) is 0 Å². The molecule has 0 aliphatic heterocycles. The van der Waals surface area contributed by atoms with Gasteiger partial charge in [-0.25, -0.2) is 0 Å². The number of sulfonamides is 1. The molecule has 1 atom stereocenters. The number of nitrogens with one attached hydrogen (secondary N) is 1. The molecule has 0 aliphatic carbocycles. The molecule has 0 radical (unpaired) electrons. The van der Waals surface area contributed by atoms with E-state index >= 15 is 0 Å². The van der Waals surface area contributed by atoms with E-state index in [0.29, 0.717) is 0 Å². The summed E-state index contributed by atoms with van der Waals surface area (Å²) in [5, 5.41) is 9.78. The molecule has 24 heavy (non-hydrogen) atoms. The molecular formula is C18H23NO3SSe. The SMILES string of the molecule is Cc1ccc(S(=O)(=O)NC(CO)C(C)(C)[Se]c2ccccc2)cc1. The maximum absolute atomic E-state index is 12.6. The third kappa shape index (κ3) is 4.91. The molecule has 130 valence electrons. The number of aryl methyl sites for hydroxylation is 1. The summed E-state index contributed by atoms with van der Waals surface area (Å²) in [6.45, 7) is 5.63. The summed E-state index contributed by atoms with van der Waals surface area (Å²) >= 11 is 0.0114. The van der Waals surface area contributed by atoms with Crippen LogP contribution in [0.4, 0.5) is 0 Å². The summed E-state index contributed by atoms with van der Waals surface area (Å²) in [6, 6.07) is 16.1. The van der Waals surface area contributed by atoms with Crippen molar-refractivity contribution in [3.8, 4) is 0 Å². The van der Waals surface area contributed by atoms with Crippen molar-refractivity contribution in [2.75, 3.05) is 6.61 Å². The predicted octanol–water partition coefficient (Wildman–Crippen LogP) is 1.86. The summed E-state index contributed by atoms with van der Waals surface area (Å²) in [6.07, 6.45) is 0. The van der Waals surface area contributed by atoms with Crippen LogP contribution in [0.25, 0.3) is 0 Å². The van der Waals surface area contributed by atoms with E-state index in [9.17, 15) is 13.5 Å². The number of benzene rings is 2. The number of aliphatic hydroxyl groups excluding tert-OH is 1. The van der Waals surface area contributed by atoms with Gasteiger partial charge < -0.3 is 0 Å². The van der Waals surface area contributed by atoms with Crippen molar-refractivity contribution in [2.45, 2.75) is 36.0 Å². The molecule has 2 rings (SSSR count). The zero-order valence-corrected chi connectivity index (χ0v) is 16.6. The van der Waals surface area contributed by atoms with E-state index in [1.165, 1.54) is 4.46 Å². The number of hydrogen-bond donors (Lipinski definition) is 2. The third-order valence-corrected chi connectivity index (χ3v) is 8.03. The third-order valence-electron chi connectivity index (χ3n) is 3.77. The Kier molecular flexibility index (Phi) is 6.23. The Morgan fingerprint density at radius 1 is 1.08 bits per heavy atom. The van der Waals surface area contributed by atoms with Crippen molar-refractivity contribution in [3.05, 3.63) is 60.2 Å². The molecule has 2 aromatic rings.